The molecule has 0 aliphatic heterocycles. The van der Waals surface area contributed by atoms with Crippen LogP contribution in [0.15, 0.2) is 36.9 Å². The summed E-state index contributed by atoms with van der Waals surface area (Å²) in [5, 5.41) is 0. The lowest BCUT2D eigenvalue weighted by molar-refractivity contribution is -0.157. The molecule has 1 rings (SSSR count). The summed E-state index contributed by atoms with van der Waals surface area (Å²) in [4.78, 5) is 12.6. The summed E-state index contributed by atoms with van der Waals surface area (Å²) in [5.74, 6) is 0.276. The number of methoxy groups -OCH3 is 1. The number of nitrogens with zero attached hydrogens (tertiary/aromatic N) is 1. The van der Waals surface area contributed by atoms with Gasteiger partial charge in [-0.05, 0) is 30.7 Å². The van der Waals surface area contributed by atoms with Crippen LogP contribution >= 0.6 is 0 Å². The molecule has 24 heavy (non-hydrogen) atoms. The highest BCUT2D eigenvalue weighted by Gasteiger charge is 2.31. The van der Waals surface area contributed by atoms with Gasteiger partial charge in [0.1, 0.15) is 6.54 Å². The van der Waals surface area contributed by atoms with Gasteiger partial charge >= 0.3 is 6.18 Å². The molecule has 0 N–H and O–H groups in total. The van der Waals surface area contributed by atoms with Gasteiger partial charge < -0.3 is 14.4 Å². The summed E-state index contributed by atoms with van der Waals surface area (Å²) in [6, 6.07) is 4.99. The Labute approximate surface area is 139 Å². The molecule has 0 aromatic heterocycles. The van der Waals surface area contributed by atoms with Crippen LogP contribution in [0.5, 0.6) is 11.5 Å². The monoisotopic (exact) mass is 343 g/mol. The SMILES string of the molecule is C=CCN(CC(F)(F)F)C(=O)/C=C/c1ccc(OCC)c(OC)c1. The molecule has 4 nitrogen and oxygen atoms in total. The van der Waals surface area contributed by atoms with Gasteiger partial charge in [0.05, 0.1) is 13.7 Å². The summed E-state index contributed by atoms with van der Waals surface area (Å²) in [7, 11) is 1.48. The van der Waals surface area contributed by atoms with E-state index in [-0.39, 0.29) is 6.54 Å². The smallest absolute Gasteiger partial charge is 0.406 e. The molecular weight excluding hydrogens is 323 g/mol. The molecule has 1 aromatic rings. The summed E-state index contributed by atoms with van der Waals surface area (Å²) < 4.78 is 48.0. The summed E-state index contributed by atoms with van der Waals surface area (Å²) >= 11 is 0. The highest BCUT2D eigenvalue weighted by atomic mass is 19.4. The van der Waals surface area contributed by atoms with E-state index in [0.717, 1.165) is 6.08 Å². The minimum Gasteiger partial charge on any atom is -0.493 e. The zero-order valence-electron chi connectivity index (χ0n) is 13.6. The molecule has 0 fully saturated rings. The molecule has 0 aliphatic carbocycles. The van der Waals surface area contributed by atoms with Crippen molar-refractivity contribution >= 4 is 12.0 Å². The van der Waals surface area contributed by atoms with E-state index in [2.05, 4.69) is 6.58 Å². The lowest BCUT2D eigenvalue weighted by atomic mass is 10.2. The fraction of sp³-hybridized carbons (Fsp3) is 0.353. The molecule has 0 aliphatic rings. The molecule has 0 unspecified atom stereocenters. The van der Waals surface area contributed by atoms with E-state index in [0.29, 0.717) is 28.6 Å². The van der Waals surface area contributed by atoms with Crippen LogP contribution in [-0.2, 0) is 4.79 Å². The topological polar surface area (TPSA) is 38.8 Å². The number of amides is 1. The van der Waals surface area contributed by atoms with Gasteiger partial charge in [-0.15, -0.1) is 6.58 Å². The first kappa shape index (κ1) is 19.6. The third-order valence-corrected chi connectivity index (χ3v) is 2.94. The maximum atomic E-state index is 12.5. The van der Waals surface area contributed by atoms with Crippen LogP contribution < -0.4 is 9.47 Å². The number of hydrogen-bond donors (Lipinski definition) is 0. The summed E-state index contributed by atoms with van der Waals surface area (Å²) in [6.07, 6.45) is -0.705. The second-order valence-electron chi connectivity index (χ2n) is 4.80. The van der Waals surface area contributed by atoms with Crippen LogP contribution in [0, 0.1) is 0 Å². The van der Waals surface area contributed by atoms with Gasteiger partial charge in [0, 0.05) is 12.6 Å². The minimum absolute atomic E-state index is 0.185. The van der Waals surface area contributed by atoms with E-state index < -0.39 is 18.6 Å². The van der Waals surface area contributed by atoms with Crippen LogP contribution in [0.3, 0.4) is 0 Å². The second kappa shape index (κ2) is 9.00. The lowest BCUT2D eigenvalue weighted by Gasteiger charge is -2.20. The van der Waals surface area contributed by atoms with Crippen molar-refractivity contribution in [2.45, 2.75) is 13.1 Å². The third-order valence-electron chi connectivity index (χ3n) is 2.94. The van der Waals surface area contributed by atoms with Gasteiger partial charge in [-0.2, -0.15) is 13.2 Å². The van der Waals surface area contributed by atoms with Crippen molar-refractivity contribution in [3.63, 3.8) is 0 Å². The highest BCUT2D eigenvalue weighted by Crippen LogP contribution is 2.28. The number of carbonyl (C=O) groups excluding carboxylic acids is 1. The Balaban J connectivity index is 2.89. The average molecular weight is 343 g/mol. The molecular formula is C17H20F3NO3. The number of carbonyl (C=O) groups is 1. The summed E-state index contributed by atoms with van der Waals surface area (Å²) in [6.45, 7) is 4.16. The van der Waals surface area contributed by atoms with Crippen molar-refractivity contribution in [3.8, 4) is 11.5 Å². The predicted octanol–water partition coefficient (Wildman–Crippen LogP) is 3.68. The van der Waals surface area contributed by atoms with Crippen LogP contribution in [0.2, 0.25) is 0 Å². The first-order valence-electron chi connectivity index (χ1n) is 7.26. The Morgan fingerprint density at radius 2 is 2.04 bits per heavy atom. The van der Waals surface area contributed by atoms with Gasteiger partial charge in [0.15, 0.2) is 11.5 Å². The van der Waals surface area contributed by atoms with E-state index >= 15 is 0 Å². The van der Waals surface area contributed by atoms with Crippen molar-refractivity contribution in [1.29, 1.82) is 0 Å². The molecule has 0 spiro atoms. The van der Waals surface area contributed by atoms with Gasteiger partial charge in [-0.3, -0.25) is 4.79 Å². The van der Waals surface area contributed by atoms with Crippen molar-refractivity contribution in [2.75, 3.05) is 26.8 Å². The molecule has 1 amide bonds. The number of ether oxygens (including phenoxy) is 2. The Morgan fingerprint density at radius 3 is 2.58 bits per heavy atom. The van der Waals surface area contributed by atoms with Crippen LogP contribution in [-0.4, -0.2) is 43.8 Å². The van der Waals surface area contributed by atoms with E-state index in [1.165, 1.54) is 19.3 Å². The highest BCUT2D eigenvalue weighted by molar-refractivity contribution is 5.92. The Morgan fingerprint density at radius 1 is 1.33 bits per heavy atom. The van der Waals surface area contributed by atoms with Crippen molar-refractivity contribution in [1.82, 2.24) is 4.90 Å². The van der Waals surface area contributed by atoms with Gasteiger partial charge in [0.25, 0.3) is 0 Å². The number of alkyl halides is 3. The van der Waals surface area contributed by atoms with E-state index in [9.17, 15) is 18.0 Å². The van der Waals surface area contributed by atoms with Gasteiger partial charge in [0.2, 0.25) is 5.91 Å². The lowest BCUT2D eigenvalue weighted by Crippen LogP contribution is -2.38. The number of benzene rings is 1. The second-order valence-corrected chi connectivity index (χ2v) is 4.80. The molecule has 0 atom stereocenters. The Bertz CT molecular complexity index is 597. The summed E-state index contributed by atoms with van der Waals surface area (Å²) in [5.41, 5.74) is 0.606. The molecule has 132 valence electrons. The largest absolute Gasteiger partial charge is 0.493 e. The maximum Gasteiger partial charge on any atom is 0.406 e. The normalized spacial score (nSPS) is 11.4. The fourth-order valence-corrected chi connectivity index (χ4v) is 1.94. The number of hydrogen-bond acceptors (Lipinski definition) is 3. The van der Waals surface area contributed by atoms with Gasteiger partial charge in [-0.1, -0.05) is 12.1 Å². The van der Waals surface area contributed by atoms with Crippen LogP contribution in [0.25, 0.3) is 6.08 Å². The standard InChI is InChI=1S/C17H20F3NO3/c1-4-10-21(12-17(18,19)20)16(22)9-7-13-6-8-14(24-5-2)15(11-13)23-3/h4,6-9,11H,1,5,10,12H2,2-3H3/b9-7+. The quantitative estimate of drug-likeness (QED) is 0.534. The Hall–Kier alpha value is -2.44. The van der Waals surface area contributed by atoms with Crippen LogP contribution in [0.4, 0.5) is 13.2 Å². The van der Waals surface area contributed by atoms with E-state index in [1.807, 2.05) is 6.92 Å². The van der Waals surface area contributed by atoms with Crippen molar-refractivity contribution < 1.29 is 27.4 Å². The molecule has 0 bridgehead atoms. The van der Waals surface area contributed by atoms with Crippen molar-refractivity contribution in [3.05, 3.63) is 42.5 Å². The Kier molecular flexibility index (Phi) is 7.35. The predicted molar refractivity (Wildman–Crippen MR) is 86.0 cm³/mol. The first-order valence-corrected chi connectivity index (χ1v) is 7.26. The molecule has 0 saturated heterocycles. The molecule has 1 aromatic carbocycles. The minimum atomic E-state index is -4.46. The first-order chi connectivity index (χ1) is 11.3. The van der Waals surface area contributed by atoms with Gasteiger partial charge in [-0.25, -0.2) is 0 Å². The zero-order valence-corrected chi connectivity index (χ0v) is 13.6. The average Bonchev–Trinajstić information content (AvgIpc) is 2.52. The molecule has 0 heterocycles. The van der Waals surface area contributed by atoms with E-state index in [1.54, 1.807) is 18.2 Å². The molecule has 7 heteroatoms. The third kappa shape index (κ3) is 6.36. The molecule has 0 saturated carbocycles. The number of rotatable bonds is 8. The van der Waals surface area contributed by atoms with E-state index in [4.69, 9.17) is 9.47 Å². The molecule has 0 radical (unpaired) electrons. The fourth-order valence-electron chi connectivity index (χ4n) is 1.94. The van der Waals surface area contributed by atoms with Crippen LogP contribution in [0.1, 0.15) is 12.5 Å². The number of halogens is 3. The maximum absolute atomic E-state index is 12.5. The zero-order chi connectivity index (χ0) is 18.2. The van der Waals surface area contributed by atoms with Crippen molar-refractivity contribution in [2.24, 2.45) is 0 Å².